The molecule has 114 valence electrons. The van der Waals surface area contributed by atoms with E-state index in [-0.39, 0.29) is 0 Å². The standard InChI is InChI=1S/C14H20N4O3/c1-10-4-5-12(20-3)11(8-10)16-14-18-17-13(21-14)9-15-6-7-19-2/h4-5,8,15H,6-7,9H2,1-3H3,(H,16,18). The van der Waals surface area contributed by atoms with Crippen molar-refractivity contribution in [2.45, 2.75) is 13.5 Å². The zero-order valence-electron chi connectivity index (χ0n) is 12.5. The summed E-state index contributed by atoms with van der Waals surface area (Å²) >= 11 is 0. The maximum Gasteiger partial charge on any atom is 0.320 e. The Morgan fingerprint density at radius 3 is 2.86 bits per heavy atom. The van der Waals surface area contributed by atoms with Gasteiger partial charge >= 0.3 is 6.01 Å². The summed E-state index contributed by atoms with van der Waals surface area (Å²) in [6.45, 7) is 3.87. The van der Waals surface area contributed by atoms with E-state index in [1.807, 2.05) is 25.1 Å². The molecule has 0 spiro atoms. The number of benzene rings is 1. The van der Waals surface area contributed by atoms with Crippen LogP contribution in [0.4, 0.5) is 11.7 Å². The van der Waals surface area contributed by atoms with Gasteiger partial charge in [0, 0.05) is 13.7 Å². The van der Waals surface area contributed by atoms with Gasteiger partial charge in [-0.25, -0.2) is 0 Å². The van der Waals surface area contributed by atoms with E-state index in [4.69, 9.17) is 13.9 Å². The summed E-state index contributed by atoms with van der Waals surface area (Å²) in [5.41, 5.74) is 1.90. The van der Waals surface area contributed by atoms with E-state index < -0.39 is 0 Å². The summed E-state index contributed by atoms with van der Waals surface area (Å²) in [4.78, 5) is 0. The molecule has 7 heteroatoms. The number of anilines is 2. The van der Waals surface area contributed by atoms with Gasteiger partial charge in [-0.05, 0) is 24.6 Å². The average Bonchev–Trinajstić information content (AvgIpc) is 2.91. The van der Waals surface area contributed by atoms with E-state index >= 15 is 0 Å². The van der Waals surface area contributed by atoms with Crippen molar-refractivity contribution in [1.82, 2.24) is 15.5 Å². The van der Waals surface area contributed by atoms with Gasteiger partial charge in [0.2, 0.25) is 5.89 Å². The Morgan fingerprint density at radius 1 is 1.24 bits per heavy atom. The van der Waals surface area contributed by atoms with Gasteiger partial charge in [0.15, 0.2) is 0 Å². The molecule has 2 rings (SSSR count). The highest BCUT2D eigenvalue weighted by Crippen LogP contribution is 2.27. The minimum atomic E-state index is 0.336. The summed E-state index contributed by atoms with van der Waals surface area (Å²) in [5, 5.41) is 14.1. The van der Waals surface area contributed by atoms with Gasteiger partial charge in [0.25, 0.3) is 0 Å². The summed E-state index contributed by atoms with van der Waals surface area (Å²) in [7, 11) is 3.28. The molecule has 0 radical (unpaired) electrons. The highest BCUT2D eigenvalue weighted by Gasteiger charge is 2.09. The molecule has 0 aliphatic carbocycles. The minimum Gasteiger partial charge on any atom is -0.495 e. The number of aromatic nitrogens is 2. The Labute approximate surface area is 123 Å². The van der Waals surface area contributed by atoms with Crippen molar-refractivity contribution in [3.63, 3.8) is 0 Å². The fourth-order valence-corrected chi connectivity index (χ4v) is 1.78. The molecule has 0 fully saturated rings. The van der Waals surface area contributed by atoms with Crippen LogP contribution in [0.25, 0.3) is 0 Å². The Hall–Kier alpha value is -2.12. The van der Waals surface area contributed by atoms with Crippen LogP contribution >= 0.6 is 0 Å². The first kappa shape index (κ1) is 15.3. The maximum absolute atomic E-state index is 5.51. The highest BCUT2D eigenvalue weighted by molar-refractivity contribution is 5.62. The third-order valence-corrected chi connectivity index (χ3v) is 2.82. The van der Waals surface area contributed by atoms with Gasteiger partial charge in [-0.3, -0.25) is 0 Å². The number of rotatable bonds is 8. The number of hydrogen-bond donors (Lipinski definition) is 2. The average molecular weight is 292 g/mol. The largest absolute Gasteiger partial charge is 0.495 e. The molecule has 0 saturated carbocycles. The molecular weight excluding hydrogens is 272 g/mol. The van der Waals surface area contributed by atoms with E-state index in [9.17, 15) is 0 Å². The molecule has 0 bridgehead atoms. The molecule has 1 aromatic carbocycles. The number of methoxy groups -OCH3 is 2. The first-order valence-corrected chi connectivity index (χ1v) is 6.66. The second-order valence-corrected chi connectivity index (χ2v) is 4.50. The number of hydrogen-bond acceptors (Lipinski definition) is 7. The number of ether oxygens (including phenoxy) is 2. The second kappa shape index (κ2) is 7.61. The van der Waals surface area contributed by atoms with Crippen LogP contribution in [-0.4, -0.2) is 37.6 Å². The van der Waals surface area contributed by atoms with Crippen molar-refractivity contribution in [2.75, 3.05) is 32.7 Å². The molecule has 2 N–H and O–H groups in total. The topological polar surface area (TPSA) is 81.4 Å². The Bertz CT molecular complexity index is 571. The van der Waals surface area contributed by atoms with Gasteiger partial charge in [0.05, 0.1) is 25.9 Å². The minimum absolute atomic E-state index is 0.336. The van der Waals surface area contributed by atoms with Crippen LogP contribution in [0, 0.1) is 6.92 Å². The lowest BCUT2D eigenvalue weighted by Crippen LogP contribution is -2.18. The SMILES string of the molecule is COCCNCc1nnc(Nc2cc(C)ccc2OC)o1. The van der Waals surface area contributed by atoms with Gasteiger partial charge in [-0.2, -0.15) is 0 Å². The Kier molecular flexibility index (Phi) is 5.53. The predicted octanol–water partition coefficient (Wildman–Crippen LogP) is 1.87. The first-order valence-electron chi connectivity index (χ1n) is 6.66. The lowest BCUT2D eigenvalue weighted by Gasteiger charge is -2.08. The molecule has 21 heavy (non-hydrogen) atoms. The highest BCUT2D eigenvalue weighted by atomic mass is 16.5. The smallest absolute Gasteiger partial charge is 0.320 e. The van der Waals surface area contributed by atoms with Crippen molar-refractivity contribution in [1.29, 1.82) is 0 Å². The lowest BCUT2D eigenvalue weighted by atomic mass is 10.2. The molecule has 0 atom stereocenters. The van der Waals surface area contributed by atoms with E-state index in [1.54, 1.807) is 14.2 Å². The normalized spacial score (nSPS) is 10.6. The van der Waals surface area contributed by atoms with Crippen molar-refractivity contribution in [2.24, 2.45) is 0 Å². The van der Waals surface area contributed by atoms with Gasteiger partial charge in [-0.1, -0.05) is 11.2 Å². The molecule has 1 aromatic heterocycles. The number of nitrogens with one attached hydrogen (secondary N) is 2. The third kappa shape index (κ3) is 4.44. The van der Waals surface area contributed by atoms with Crippen molar-refractivity contribution in [3.05, 3.63) is 29.7 Å². The van der Waals surface area contributed by atoms with E-state index in [1.165, 1.54) is 0 Å². The first-order chi connectivity index (χ1) is 10.2. The predicted molar refractivity (Wildman–Crippen MR) is 78.9 cm³/mol. The van der Waals surface area contributed by atoms with Crippen LogP contribution in [0.5, 0.6) is 5.75 Å². The monoisotopic (exact) mass is 292 g/mol. The summed E-state index contributed by atoms with van der Waals surface area (Å²) in [5.74, 6) is 1.23. The van der Waals surface area contributed by atoms with Crippen LogP contribution in [0.3, 0.4) is 0 Å². The summed E-state index contributed by atoms with van der Waals surface area (Å²) < 4.78 is 15.8. The second-order valence-electron chi connectivity index (χ2n) is 4.50. The van der Waals surface area contributed by atoms with Gasteiger partial charge in [-0.15, -0.1) is 5.10 Å². The van der Waals surface area contributed by atoms with Gasteiger partial charge < -0.3 is 24.5 Å². The molecule has 0 amide bonds. The van der Waals surface area contributed by atoms with E-state index in [0.717, 1.165) is 23.5 Å². The van der Waals surface area contributed by atoms with Crippen LogP contribution in [-0.2, 0) is 11.3 Å². The molecule has 0 saturated heterocycles. The van der Waals surface area contributed by atoms with Crippen molar-refractivity contribution in [3.8, 4) is 5.75 Å². The Balaban J connectivity index is 1.97. The molecule has 0 aliphatic heterocycles. The zero-order chi connectivity index (χ0) is 15.1. The number of aryl methyl sites for hydroxylation is 1. The molecule has 7 nitrogen and oxygen atoms in total. The van der Waals surface area contributed by atoms with E-state index in [0.29, 0.717) is 25.1 Å². The van der Waals surface area contributed by atoms with Crippen LogP contribution in [0.2, 0.25) is 0 Å². The molecule has 0 aliphatic rings. The maximum atomic E-state index is 5.51. The van der Waals surface area contributed by atoms with Crippen molar-refractivity contribution >= 4 is 11.7 Å². The van der Waals surface area contributed by atoms with Gasteiger partial charge in [0.1, 0.15) is 5.75 Å². The molecule has 0 unspecified atom stereocenters. The summed E-state index contributed by atoms with van der Waals surface area (Å²) in [6, 6.07) is 6.16. The van der Waals surface area contributed by atoms with Crippen LogP contribution in [0.15, 0.2) is 22.6 Å². The zero-order valence-corrected chi connectivity index (χ0v) is 12.5. The molecule has 2 aromatic rings. The van der Waals surface area contributed by atoms with Crippen LogP contribution < -0.4 is 15.4 Å². The molecular formula is C14H20N4O3. The van der Waals surface area contributed by atoms with E-state index in [2.05, 4.69) is 20.8 Å². The Morgan fingerprint density at radius 2 is 2.10 bits per heavy atom. The third-order valence-electron chi connectivity index (χ3n) is 2.82. The summed E-state index contributed by atoms with van der Waals surface area (Å²) in [6.07, 6.45) is 0. The number of nitrogens with zero attached hydrogens (tertiary/aromatic N) is 2. The molecule has 1 heterocycles. The quantitative estimate of drug-likeness (QED) is 0.719. The fraction of sp³-hybridized carbons (Fsp3) is 0.429. The lowest BCUT2D eigenvalue weighted by molar-refractivity contribution is 0.198. The fourth-order valence-electron chi connectivity index (χ4n) is 1.78. The van der Waals surface area contributed by atoms with Crippen LogP contribution in [0.1, 0.15) is 11.5 Å². The van der Waals surface area contributed by atoms with Crippen molar-refractivity contribution < 1.29 is 13.9 Å².